The van der Waals surface area contributed by atoms with Gasteiger partial charge < -0.3 is 15.5 Å². The Kier molecular flexibility index (Phi) is 5.88. The van der Waals surface area contributed by atoms with Crippen LogP contribution in [0.2, 0.25) is 0 Å². The van der Waals surface area contributed by atoms with E-state index in [1.165, 1.54) is 20.0 Å². The zero-order valence-electron chi connectivity index (χ0n) is 17.3. The van der Waals surface area contributed by atoms with Crippen LogP contribution in [0, 0.1) is 17.7 Å². The molecule has 29 heavy (non-hydrogen) atoms. The molecule has 4 rings (SSSR count). The van der Waals surface area contributed by atoms with Crippen LogP contribution in [0.5, 0.6) is 0 Å². The molecule has 3 N–H and O–H groups in total. The molecule has 2 aliphatic rings. The molecule has 6 nitrogen and oxygen atoms in total. The lowest BCUT2D eigenvalue weighted by Crippen LogP contribution is -2.36. The van der Waals surface area contributed by atoms with Crippen LogP contribution in [-0.4, -0.2) is 40.5 Å². The van der Waals surface area contributed by atoms with E-state index in [-0.39, 0.29) is 23.9 Å². The van der Waals surface area contributed by atoms with Gasteiger partial charge in [-0.05, 0) is 50.1 Å². The van der Waals surface area contributed by atoms with Crippen molar-refractivity contribution in [1.29, 1.82) is 0 Å². The summed E-state index contributed by atoms with van der Waals surface area (Å²) in [7, 11) is 1.40. The van der Waals surface area contributed by atoms with E-state index in [1.54, 1.807) is 6.07 Å². The van der Waals surface area contributed by atoms with Gasteiger partial charge in [-0.1, -0.05) is 25.8 Å². The third kappa shape index (κ3) is 4.03. The first-order valence-corrected chi connectivity index (χ1v) is 10.7. The SMILES string of the molecule is COC(=O)[C@@H]1CCCN1Cc1ccc2[nH]c([C@@H](N)C3CCC(C)CC3)nc2c1F. The maximum atomic E-state index is 15.2. The number of carbonyl (C=O) groups excluding carboxylic acids is 1. The number of methoxy groups -OCH3 is 1. The van der Waals surface area contributed by atoms with E-state index < -0.39 is 0 Å². The maximum absolute atomic E-state index is 15.2. The summed E-state index contributed by atoms with van der Waals surface area (Å²) in [5.74, 6) is 1.24. The van der Waals surface area contributed by atoms with E-state index in [2.05, 4.69) is 16.9 Å². The predicted molar refractivity (Wildman–Crippen MR) is 110 cm³/mol. The summed E-state index contributed by atoms with van der Waals surface area (Å²) in [4.78, 5) is 21.7. The first kappa shape index (κ1) is 20.3. The van der Waals surface area contributed by atoms with Gasteiger partial charge in [-0.15, -0.1) is 0 Å². The number of aromatic amines is 1. The third-order valence-electron chi connectivity index (χ3n) is 6.79. The number of ether oxygens (including phenoxy) is 1. The van der Waals surface area contributed by atoms with E-state index in [0.29, 0.717) is 34.9 Å². The van der Waals surface area contributed by atoms with Crippen LogP contribution < -0.4 is 5.73 Å². The second-order valence-electron chi connectivity index (χ2n) is 8.75. The van der Waals surface area contributed by atoms with Crippen molar-refractivity contribution in [2.75, 3.05) is 13.7 Å². The van der Waals surface area contributed by atoms with Crippen molar-refractivity contribution in [2.45, 2.75) is 64.1 Å². The van der Waals surface area contributed by atoms with E-state index in [1.807, 2.05) is 11.0 Å². The smallest absolute Gasteiger partial charge is 0.323 e. The van der Waals surface area contributed by atoms with Crippen molar-refractivity contribution in [1.82, 2.24) is 14.9 Å². The molecule has 2 heterocycles. The lowest BCUT2D eigenvalue weighted by Gasteiger charge is -2.29. The number of esters is 1. The number of nitrogens with two attached hydrogens (primary N) is 1. The number of hydrogen-bond donors (Lipinski definition) is 2. The van der Waals surface area contributed by atoms with Crippen LogP contribution in [0.3, 0.4) is 0 Å². The summed E-state index contributed by atoms with van der Waals surface area (Å²) in [5.41, 5.74) is 8.05. The fraction of sp³-hybridized carbons (Fsp3) is 0.636. The second-order valence-corrected chi connectivity index (χ2v) is 8.75. The number of aromatic nitrogens is 2. The fourth-order valence-corrected chi connectivity index (χ4v) is 4.89. The molecule has 0 spiro atoms. The largest absolute Gasteiger partial charge is 0.468 e. The number of nitrogens with zero attached hydrogens (tertiary/aromatic N) is 2. The molecule has 1 aliphatic heterocycles. The maximum Gasteiger partial charge on any atom is 0.323 e. The van der Waals surface area contributed by atoms with Crippen molar-refractivity contribution in [3.8, 4) is 0 Å². The van der Waals surface area contributed by atoms with Crippen molar-refractivity contribution >= 4 is 17.0 Å². The molecule has 1 aromatic heterocycles. The van der Waals surface area contributed by atoms with Gasteiger partial charge in [0, 0.05) is 12.1 Å². The Balaban J connectivity index is 1.54. The summed E-state index contributed by atoms with van der Waals surface area (Å²) in [6.45, 7) is 3.41. The Morgan fingerprint density at radius 2 is 2.10 bits per heavy atom. The fourth-order valence-electron chi connectivity index (χ4n) is 4.89. The normalized spacial score (nSPS) is 26.7. The molecule has 7 heteroatoms. The standard InChI is InChI=1S/C22H31FN4O2/c1-13-5-7-14(8-6-13)19(24)21-25-16-10-9-15(18(23)20(16)26-21)12-27-11-3-4-17(27)22(28)29-2/h9-10,13-14,17,19H,3-8,11-12,24H2,1-2H3,(H,25,26)/t13?,14?,17-,19-/m0/s1. The zero-order chi connectivity index (χ0) is 20.5. The van der Waals surface area contributed by atoms with E-state index in [4.69, 9.17) is 10.5 Å². The number of H-pyrrole nitrogens is 1. The highest BCUT2D eigenvalue weighted by Gasteiger charge is 2.32. The Hall–Kier alpha value is -1.99. The molecule has 0 bridgehead atoms. The Morgan fingerprint density at radius 1 is 1.34 bits per heavy atom. The average molecular weight is 403 g/mol. The van der Waals surface area contributed by atoms with E-state index >= 15 is 4.39 Å². The third-order valence-corrected chi connectivity index (χ3v) is 6.79. The van der Waals surface area contributed by atoms with Crippen molar-refractivity contribution in [2.24, 2.45) is 17.6 Å². The summed E-state index contributed by atoms with van der Waals surface area (Å²) in [6.07, 6.45) is 6.22. The number of rotatable bonds is 5. The molecule has 1 aliphatic carbocycles. The minimum atomic E-state index is -0.329. The lowest BCUT2D eigenvalue weighted by atomic mass is 9.79. The number of likely N-dealkylation sites (tertiary alicyclic amines) is 1. The van der Waals surface area contributed by atoms with Crippen molar-refractivity contribution < 1.29 is 13.9 Å². The number of imidazole rings is 1. The quantitative estimate of drug-likeness (QED) is 0.746. The van der Waals surface area contributed by atoms with Gasteiger partial charge in [0.15, 0.2) is 5.82 Å². The molecule has 1 saturated heterocycles. The Labute approximate surface area is 171 Å². The second kappa shape index (κ2) is 8.40. The van der Waals surface area contributed by atoms with Crippen LogP contribution in [0.15, 0.2) is 12.1 Å². The molecule has 2 atom stereocenters. The van der Waals surface area contributed by atoms with Crippen molar-refractivity contribution in [3.63, 3.8) is 0 Å². The molecular formula is C22H31FN4O2. The number of nitrogens with one attached hydrogen (secondary N) is 1. The number of carbonyl (C=O) groups is 1. The molecule has 1 aromatic carbocycles. The number of benzene rings is 1. The molecule has 0 unspecified atom stereocenters. The first-order valence-electron chi connectivity index (χ1n) is 10.7. The van der Waals surface area contributed by atoms with Gasteiger partial charge in [0.05, 0.1) is 18.7 Å². The minimum absolute atomic E-state index is 0.194. The van der Waals surface area contributed by atoms with Gasteiger partial charge in [0.1, 0.15) is 17.4 Å². The highest BCUT2D eigenvalue weighted by Crippen LogP contribution is 2.35. The molecule has 158 valence electrons. The average Bonchev–Trinajstić information content (AvgIpc) is 3.37. The highest BCUT2D eigenvalue weighted by molar-refractivity contribution is 5.77. The molecule has 0 radical (unpaired) electrons. The lowest BCUT2D eigenvalue weighted by molar-refractivity contribution is -0.146. The molecule has 0 amide bonds. The van der Waals surface area contributed by atoms with Gasteiger partial charge in [-0.25, -0.2) is 9.37 Å². The van der Waals surface area contributed by atoms with Crippen molar-refractivity contribution in [3.05, 3.63) is 29.3 Å². The summed E-state index contributed by atoms with van der Waals surface area (Å²) in [6, 6.07) is 3.15. The van der Waals surface area contributed by atoms with E-state index in [0.717, 1.165) is 38.1 Å². The van der Waals surface area contributed by atoms with Crippen LogP contribution in [0.25, 0.3) is 11.0 Å². The highest BCUT2D eigenvalue weighted by atomic mass is 19.1. The zero-order valence-corrected chi connectivity index (χ0v) is 17.3. The molecule has 2 aromatic rings. The van der Waals surface area contributed by atoms with Gasteiger partial charge in [-0.2, -0.15) is 0 Å². The van der Waals surface area contributed by atoms with Crippen LogP contribution in [0.1, 0.15) is 62.9 Å². The Bertz CT molecular complexity index is 875. The first-order chi connectivity index (χ1) is 14.0. The Morgan fingerprint density at radius 3 is 2.83 bits per heavy atom. The van der Waals surface area contributed by atoms with Crippen LogP contribution >= 0.6 is 0 Å². The van der Waals surface area contributed by atoms with Gasteiger partial charge in [0.25, 0.3) is 0 Å². The van der Waals surface area contributed by atoms with Gasteiger partial charge in [-0.3, -0.25) is 9.69 Å². The minimum Gasteiger partial charge on any atom is -0.468 e. The number of fused-ring (bicyclic) bond motifs is 1. The molecule has 2 fully saturated rings. The monoisotopic (exact) mass is 402 g/mol. The summed E-state index contributed by atoms with van der Waals surface area (Å²) in [5, 5.41) is 0. The topological polar surface area (TPSA) is 84.2 Å². The number of hydrogen-bond acceptors (Lipinski definition) is 5. The summed E-state index contributed by atoms with van der Waals surface area (Å²) >= 11 is 0. The summed E-state index contributed by atoms with van der Waals surface area (Å²) < 4.78 is 20.1. The van der Waals surface area contributed by atoms with Crippen LogP contribution in [0.4, 0.5) is 4.39 Å². The predicted octanol–water partition coefficient (Wildman–Crippen LogP) is 3.67. The van der Waals surface area contributed by atoms with Crippen LogP contribution in [-0.2, 0) is 16.1 Å². The molecular weight excluding hydrogens is 371 g/mol. The molecule has 1 saturated carbocycles. The van der Waals surface area contributed by atoms with E-state index in [9.17, 15) is 4.79 Å². The number of halogens is 1. The van der Waals surface area contributed by atoms with Gasteiger partial charge in [0.2, 0.25) is 0 Å². The van der Waals surface area contributed by atoms with Gasteiger partial charge >= 0.3 is 5.97 Å².